The average molecular weight is 393 g/mol. The van der Waals surface area contributed by atoms with Gasteiger partial charge in [0.05, 0.1) is 6.61 Å². The van der Waals surface area contributed by atoms with Gasteiger partial charge in [-0.3, -0.25) is 0 Å². The quantitative estimate of drug-likeness (QED) is 0.340. The van der Waals surface area contributed by atoms with E-state index in [1.54, 1.807) is 0 Å². The maximum absolute atomic E-state index is 5.71. The summed E-state index contributed by atoms with van der Waals surface area (Å²) < 4.78 is 5.71. The first kappa shape index (κ1) is 22.0. The Hall–Kier alpha value is -1.68. The van der Waals surface area contributed by atoms with E-state index in [1.165, 1.54) is 57.8 Å². The van der Waals surface area contributed by atoms with Crippen LogP contribution in [0.5, 0.6) is 5.75 Å². The lowest BCUT2D eigenvalue weighted by atomic mass is 9.69. The first-order valence-corrected chi connectivity index (χ1v) is 12.2. The van der Waals surface area contributed by atoms with Gasteiger partial charge in [0.15, 0.2) is 0 Å². The van der Waals surface area contributed by atoms with Crippen LogP contribution < -0.4 is 4.74 Å². The summed E-state index contributed by atoms with van der Waals surface area (Å²) >= 11 is 0. The maximum Gasteiger partial charge on any atom is 0.119 e. The number of hydrogen-bond acceptors (Lipinski definition) is 1. The summed E-state index contributed by atoms with van der Waals surface area (Å²) in [5, 5.41) is 0. The van der Waals surface area contributed by atoms with E-state index >= 15 is 0 Å². The summed E-state index contributed by atoms with van der Waals surface area (Å²) in [5.41, 5.74) is 1.06. The zero-order valence-electron chi connectivity index (χ0n) is 18.7. The Morgan fingerprint density at radius 3 is 2.17 bits per heavy atom. The van der Waals surface area contributed by atoms with Crippen LogP contribution in [0.25, 0.3) is 0 Å². The smallest absolute Gasteiger partial charge is 0.119 e. The molecule has 0 bridgehead atoms. The van der Waals surface area contributed by atoms with Crippen molar-refractivity contribution in [2.45, 2.75) is 84.5 Å². The Balaban J connectivity index is 1.38. The minimum absolute atomic E-state index is 0.738. The Morgan fingerprint density at radius 2 is 1.55 bits per heavy atom. The third kappa shape index (κ3) is 7.26. The highest BCUT2D eigenvalue weighted by atomic mass is 16.5. The molecule has 0 amide bonds. The monoisotopic (exact) mass is 392 g/mol. The molecule has 0 aliphatic heterocycles. The van der Waals surface area contributed by atoms with Crippen molar-refractivity contribution in [2.75, 3.05) is 6.61 Å². The molecule has 1 aromatic carbocycles. The lowest BCUT2D eigenvalue weighted by Crippen LogP contribution is -2.25. The first-order valence-electron chi connectivity index (χ1n) is 12.2. The van der Waals surface area contributed by atoms with Crippen LogP contribution >= 0.6 is 0 Å². The van der Waals surface area contributed by atoms with Gasteiger partial charge in [-0.1, -0.05) is 57.4 Å². The van der Waals surface area contributed by atoms with E-state index in [9.17, 15) is 0 Å². The highest BCUT2D eigenvalue weighted by molar-refractivity contribution is 5.40. The molecule has 2 aliphatic rings. The molecule has 0 N–H and O–H groups in total. The summed E-state index contributed by atoms with van der Waals surface area (Å²) in [5.74, 6) is 11.2. The lowest BCUT2D eigenvalue weighted by molar-refractivity contribution is 0.154. The van der Waals surface area contributed by atoms with Crippen molar-refractivity contribution in [1.82, 2.24) is 0 Å². The summed E-state index contributed by atoms with van der Waals surface area (Å²) in [6.45, 7) is 5.34. The van der Waals surface area contributed by atoms with Crippen LogP contribution in [-0.2, 0) is 0 Å². The number of hydrogen-bond donors (Lipinski definition) is 0. The minimum atomic E-state index is 0.738. The van der Waals surface area contributed by atoms with Crippen LogP contribution in [-0.4, -0.2) is 6.61 Å². The Kier molecular flexibility index (Phi) is 9.20. The van der Waals surface area contributed by atoms with Crippen molar-refractivity contribution >= 4 is 0 Å². The van der Waals surface area contributed by atoms with Crippen molar-refractivity contribution in [2.24, 2.45) is 23.7 Å². The number of allylic oxidation sites excluding steroid dienone is 2. The molecule has 0 atom stereocenters. The summed E-state index contributed by atoms with van der Waals surface area (Å²) in [6, 6.07) is 8.17. The number of unbranched alkanes of at least 4 members (excludes halogenated alkanes) is 1. The second-order valence-electron chi connectivity index (χ2n) is 9.22. The van der Waals surface area contributed by atoms with E-state index in [0.717, 1.165) is 54.4 Å². The van der Waals surface area contributed by atoms with Gasteiger partial charge in [0.1, 0.15) is 5.75 Å². The average Bonchev–Trinajstić information content (AvgIpc) is 2.78. The van der Waals surface area contributed by atoms with Gasteiger partial charge in [-0.05, 0) is 99.0 Å². The number of rotatable bonds is 7. The lowest BCUT2D eigenvalue weighted by Gasteiger charge is -2.37. The topological polar surface area (TPSA) is 9.23 Å². The SMILES string of the molecule is CCCCOc1ccc(C#C/C=C/C2CCC(C3CCC(CC)CC3)CC2)cc1. The Morgan fingerprint density at radius 1 is 0.897 bits per heavy atom. The van der Waals surface area contributed by atoms with E-state index in [0.29, 0.717) is 0 Å². The van der Waals surface area contributed by atoms with Crippen molar-refractivity contribution in [3.05, 3.63) is 42.0 Å². The van der Waals surface area contributed by atoms with Gasteiger partial charge in [0.25, 0.3) is 0 Å². The van der Waals surface area contributed by atoms with Crippen LogP contribution in [0.3, 0.4) is 0 Å². The molecule has 0 unspecified atom stereocenters. The third-order valence-electron chi connectivity index (χ3n) is 7.24. The zero-order valence-corrected chi connectivity index (χ0v) is 18.7. The molecule has 3 rings (SSSR count). The van der Waals surface area contributed by atoms with E-state index in [-0.39, 0.29) is 0 Å². The van der Waals surface area contributed by atoms with Gasteiger partial charge >= 0.3 is 0 Å². The molecule has 0 spiro atoms. The predicted octanol–water partition coefficient (Wildman–Crippen LogP) is 7.80. The molecule has 0 heterocycles. The van der Waals surface area contributed by atoms with Gasteiger partial charge in [-0.25, -0.2) is 0 Å². The molecule has 1 heteroatoms. The van der Waals surface area contributed by atoms with E-state index in [4.69, 9.17) is 4.74 Å². The van der Waals surface area contributed by atoms with Crippen LogP contribution in [0, 0.1) is 35.5 Å². The zero-order chi connectivity index (χ0) is 20.3. The van der Waals surface area contributed by atoms with Crippen molar-refractivity contribution in [3.63, 3.8) is 0 Å². The molecule has 2 saturated carbocycles. The van der Waals surface area contributed by atoms with Crippen LogP contribution in [0.1, 0.15) is 90.0 Å². The summed E-state index contributed by atoms with van der Waals surface area (Å²) in [6.07, 6.45) is 19.7. The second-order valence-corrected chi connectivity index (χ2v) is 9.22. The minimum Gasteiger partial charge on any atom is -0.494 e. The molecule has 1 aromatic rings. The molecule has 158 valence electrons. The normalized spacial score (nSPS) is 27.4. The molecule has 2 aliphatic carbocycles. The van der Waals surface area contributed by atoms with E-state index in [1.807, 2.05) is 12.1 Å². The number of ether oxygens (including phenoxy) is 1. The molecular formula is C28H40O. The molecular weight excluding hydrogens is 352 g/mol. The van der Waals surface area contributed by atoms with E-state index < -0.39 is 0 Å². The number of benzene rings is 1. The largest absolute Gasteiger partial charge is 0.494 e. The molecule has 0 saturated heterocycles. The van der Waals surface area contributed by atoms with Gasteiger partial charge in [0.2, 0.25) is 0 Å². The fraction of sp³-hybridized carbons (Fsp3) is 0.643. The molecule has 29 heavy (non-hydrogen) atoms. The second kappa shape index (κ2) is 12.1. The van der Waals surface area contributed by atoms with Crippen LogP contribution in [0.2, 0.25) is 0 Å². The fourth-order valence-corrected chi connectivity index (χ4v) is 5.15. The van der Waals surface area contributed by atoms with Crippen molar-refractivity contribution < 1.29 is 4.74 Å². The van der Waals surface area contributed by atoms with E-state index in [2.05, 4.69) is 50.0 Å². The van der Waals surface area contributed by atoms with Crippen LogP contribution in [0.15, 0.2) is 36.4 Å². The highest BCUT2D eigenvalue weighted by Gasteiger charge is 2.29. The molecule has 1 nitrogen and oxygen atoms in total. The van der Waals surface area contributed by atoms with Gasteiger partial charge in [0, 0.05) is 5.56 Å². The first-order chi connectivity index (χ1) is 14.3. The Labute approximate surface area is 179 Å². The maximum atomic E-state index is 5.71. The summed E-state index contributed by atoms with van der Waals surface area (Å²) in [7, 11) is 0. The van der Waals surface area contributed by atoms with Gasteiger partial charge in [-0.2, -0.15) is 0 Å². The standard InChI is InChI=1S/C28H40O/c1-3-5-22-29-28-20-14-25(15-21-28)9-7-6-8-24-12-18-27(19-13-24)26-16-10-23(4-2)11-17-26/h6,8,14-15,20-21,23-24,26-27H,3-5,10-13,16-19,22H2,1-2H3/b8-6+. The third-order valence-corrected chi connectivity index (χ3v) is 7.24. The van der Waals surface area contributed by atoms with Gasteiger partial charge in [-0.15, -0.1) is 0 Å². The van der Waals surface area contributed by atoms with Gasteiger partial charge < -0.3 is 4.74 Å². The molecule has 0 radical (unpaired) electrons. The predicted molar refractivity (Wildman–Crippen MR) is 124 cm³/mol. The fourth-order valence-electron chi connectivity index (χ4n) is 5.15. The van der Waals surface area contributed by atoms with Crippen LogP contribution in [0.4, 0.5) is 0 Å². The molecule has 0 aromatic heterocycles. The Bertz CT molecular complexity index is 659. The molecule has 2 fully saturated rings. The van der Waals surface area contributed by atoms with Crippen molar-refractivity contribution in [1.29, 1.82) is 0 Å². The van der Waals surface area contributed by atoms with Crippen molar-refractivity contribution in [3.8, 4) is 17.6 Å². The summed E-state index contributed by atoms with van der Waals surface area (Å²) in [4.78, 5) is 0. The highest BCUT2D eigenvalue weighted by Crippen LogP contribution is 2.42.